The molecule has 0 fully saturated rings. The van der Waals surface area contributed by atoms with Crippen LogP contribution in [0.15, 0.2) is 37.7 Å². The van der Waals surface area contributed by atoms with Gasteiger partial charge in [0.1, 0.15) is 0 Å². The van der Waals surface area contributed by atoms with Crippen LogP contribution < -0.4 is 5.56 Å². The summed E-state index contributed by atoms with van der Waals surface area (Å²) >= 11 is 6.40. The Labute approximate surface area is 109 Å². The fourth-order valence-electron chi connectivity index (χ4n) is 1.21. The average Bonchev–Trinajstić information content (AvgIpc) is 2.11. The molecule has 0 atom stereocenters. The highest BCUT2D eigenvalue weighted by atomic mass is 79.9. The second kappa shape index (κ2) is 5.45. The molecule has 6 heteroatoms. The number of allylic oxidation sites excluding steroid dienone is 1. The van der Waals surface area contributed by atoms with Gasteiger partial charge in [0.2, 0.25) is 0 Å². The van der Waals surface area contributed by atoms with Gasteiger partial charge in [0.15, 0.2) is 0 Å². The van der Waals surface area contributed by atoms with E-state index in [4.69, 9.17) is 5.11 Å². The number of pyridine rings is 1. The zero-order valence-corrected chi connectivity index (χ0v) is 11.6. The van der Waals surface area contributed by atoms with Crippen LogP contribution in [0.25, 0.3) is 0 Å². The minimum Gasteiger partial charge on any atom is -0.478 e. The molecule has 1 rings (SSSR count). The Morgan fingerprint density at radius 1 is 1.56 bits per heavy atom. The lowest BCUT2D eigenvalue weighted by atomic mass is 10.3. The standard InChI is InChI=1S/C10H9Br2NO3/c1-6(2-9(14)15)4-13-5-7(11)3-8(12)10(13)16/h2-3,5H,4H2,1H3,(H,14,15)/b6-2-. The number of nitrogens with zero attached hydrogens (tertiary/aromatic N) is 1. The Kier molecular flexibility index (Phi) is 4.49. The van der Waals surface area contributed by atoms with E-state index in [9.17, 15) is 9.59 Å². The number of hydrogen-bond acceptors (Lipinski definition) is 2. The minimum absolute atomic E-state index is 0.193. The van der Waals surface area contributed by atoms with Crippen molar-refractivity contribution in [1.29, 1.82) is 0 Å². The van der Waals surface area contributed by atoms with E-state index < -0.39 is 5.97 Å². The van der Waals surface area contributed by atoms with Crippen molar-refractivity contribution < 1.29 is 9.90 Å². The first kappa shape index (κ1) is 13.2. The lowest BCUT2D eigenvalue weighted by Gasteiger charge is -2.06. The number of carbonyl (C=O) groups is 1. The molecule has 0 aliphatic rings. The van der Waals surface area contributed by atoms with Crippen LogP contribution in [-0.2, 0) is 11.3 Å². The smallest absolute Gasteiger partial charge is 0.328 e. The first-order valence-electron chi connectivity index (χ1n) is 4.35. The molecule has 4 nitrogen and oxygen atoms in total. The van der Waals surface area contributed by atoms with Crippen molar-refractivity contribution in [3.05, 3.63) is 43.2 Å². The topological polar surface area (TPSA) is 59.3 Å². The van der Waals surface area contributed by atoms with Crippen molar-refractivity contribution >= 4 is 37.8 Å². The van der Waals surface area contributed by atoms with Crippen LogP contribution in [0.1, 0.15) is 6.92 Å². The highest BCUT2D eigenvalue weighted by Crippen LogP contribution is 2.13. The number of carboxylic acids is 1. The van der Waals surface area contributed by atoms with Gasteiger partial charge in [-0.1, -0.05) is 0 Å². The molecule has 0 bridgehead atoms. The van der Waals surface area contributed by atoms with Crippen molar-refractivity contribution in [3.63, 3.8) is 0 Å². The van der Waals surface area contributed by atoms with E-state index in [1.165, 1.54) is 4.57 Å². The summed E-state index contributed by atoms with van der Waals surface area (Å²) in [5, 5.41) is 8.56. The molecule has 0 aliphatic heterocycles. The molecule has 0 saturated carbocycles. The van der Waals surface area contributed by atoms with Crippen molar-refractivity contribution in [1.82, 2.24) is 4.57 Å². The Balaban J connectivity index is 3.07. The Hall–Kier alpha value is -0.880. The van der Waals surface area contributed by atoms with Crippen LogP contribution in [0.3, 0.4) is 0 Å². The van der Waals surface area contributed by atoms with Crippen molar-refractivity contribution in [2.75, 3.05) is 0 Å². The van der Waals surface area contributed by atoms with Crippen LogP contribution in [0.2, 0.25) is 0 Å². The minimum atomic E-state index is -1.01. The predicted octanol–water partition coefficient (Wildman–Crippen LogP) is 2.40. The highest BCUT2D eigenvalue weighted by molar-refractivity contribution is 9.11. The fourth-order valence-corrected chi connectivity index (χ4v) is 2.46. The molecule has 0 unspecified atom stereocenters. The molecule has 1 heterocycles. The molecule has 0 radical (unpaired) electrons. The van der Waals surface area contributed by atoms with Gasteiger partial charge in [0.05, 0.1) is 4.47 Å². The summed E-state index contributed by atoms with van der Waals surface area (Å²) in [6, 6.07) is 1.65. The Morgan fingerprint density at radius 2 is 2.19 bits per heavy atom. The van der Waals surface area contributed by atoms with Crippen molar-refractivity contribution in [2.45, 2.75) is 13.5 Å². The van der Waals surface area contributed by atoms with Gasteiger partial charge < -0.3 is 9.67 Å². The van der Waals surface area contributed by atoms with E-state index in [-0.39, 0.29) is 12.1 Å². The second-order valence-corrected chi connectivity index (χ2v) is 5.04. The molecule has 0 saturated heterocycles. The summed E-state index contributed by atoms with van der Waals surface area (Å²) in [7, 11) is 0. The molecule has 16 heavy (non-hydrogen) atoms. The number of rotatable bonds is 3. The zero-order valence-electron chi connectivity index (χ0n) is 8.41. The van der Waals surface area contributed by atoms with E-state index in [1.54, 1.807) is 19.2 Å². The van der Waals surface area contributed by atoms with Gasteiger partial charge in [-0.05, 0) is 50.4 Å². The van der Waals surface area contributed by atoms with Crippen LogP contribution in [0, 0.1) is 0 Å². The molecular weight excluding hydrogens is 342 g/mol. The van der Waals surface area contributed by atoms with Gasteiger partial charge in [-0.25, -0.2) is 4.79 Å². The van der Waals surface area contributed by atoms with Gasteiger partial charge in [-0.2, -0.15) is 0 Å². The lowest BCUT2D eigenvalue weighted by molar-refractivity contribution is -0.131. The molecule has 0 amide bonds. The highest BCUT2D eigenvalue weighted by Gasteiger charge is 2.04. The van der Waals surface area contributed by atoms with Crippen LogP contribution in [-0.4, -0.2) is 15.6 Å². The van der Waals surface area contributed by atoms with Gasteiger partial charge in [0, 0.05) is 23.3 Å². The van der Waals surface area contributed by atoms with Crippen LogP contribution >= 0.6 is 31.9 Å². The average molecular weight is 351 g/mol. The van der Waals surface area contributed by atoms with E-state index >= 15 is 0 Å². The maximum absolute atomic E-state index is 11.7. The quantitative estimate of drug-likeness (QED) is 0.851. The summed E-state index contributed by atoms with van der Waals surface area (Å²) < 4.78 is 2.62. The van der Waals surface area contributed by atoms with Gasteiger partial charge in [0.25, 0.3) is 5.56 Å². The molecular formula is C10H9Br2NO3. The van der Waals surface area contributed by atoms with E-state index in [1.807, 2.05) is 0 Å². The van der Waals surface area contributed by atoms with Crippen LogP contribution in [0.4, 0.5) is 0 Å². The Morgan fingerprint density at radius 3 is 2.75 bits per heavy atom. The number of halogens is 2. The number of carboxylic acid groups (broad SMARTS) is 1. The monoisotopic (exact) mass is 349 g/mol. The fraction of sp³-hybridized carbons (Fsp3) is 0.200. The normalized spacial score (nSPS) is 11.6. The van der Waals surface area contributed by atoms with Gasteiger partial charge in [-0.15, -0.1) is 0 Å². The van der Waals surface area contributed by atoms with E-state index in [0.717, 1.165) is 10.5 Å². The molecule has 0 aromatic carbocycles. The lowest BCUT2D eigenvalue weighted by Crippen LogP contribution is -2.20. The molecule has 0 aliphatic carbocycles. The third-order valence-corrected chi connectivity index (χ3v) is 2.80. The first-order valence-corrected chi connectivity index (χ1v) is 5.94. The third kappa shape index (κ3) is 3.61. The summed E-state index contributed by atoms with van der Waals surface area (Å²) in [6.07, 6.45) is 2.70. The predicted molar refractivity (Wildman–Crippen MR) is 67.5 cm³/mol. The zero-order chi connectivity index (χ0) is 12.3. The van der Waals surface area contributed by atoms with Gasteiger partial charge in [-0.3, -0.25) is 4.79 Å². The first-order chi connectivity index (χ1) is 7.40. The third-order valence-electron chi connectivity index (χ3n) is 1.80. The SMILES string of the molecule is C/C(=C/C(=O)O)Cn1cc(Br)cc(Br)c1=O. The molecule has 86 valence electrons. The van der Waals surface area contributed by atoms with E-state index in [2.05, 4.69) is 31.9 Å². The Bertz CT molecular complexity index is 505. The number of hydrogen-bond donors (Lipinski definition) is 1. The summed E-state index contributed by atoms with van der Waals surface area (Å²) in [6.45, 7) is 1.92. The second-order valence-electron chi connectivity index (χ2n) is 3.27. The largest absolute Gasteiger partial charge is 0.478 e. The molecule has 0 spiro atoms. The van der Waals surface area contributed by atoms with Crippen molar-refractivity contribution in [2.24, 2.45) is 0 Å². The van der Waals surface area contributed by atoms with Crippen molar-refractivity contribution in [3.8, 4) is 0 Å². The maximum atomic E-state index is 11.7. The maximum Gasteiger partial charge on any atom is 0.328 e. The molecule has 1 N–H and O–H groups in total. The summed E-state index contributed by atoms with van der Waals surface area (Å²) in [5.41, 5.74) is 0.404. The summed E-state index contributed by atoms with van der Waals surface area (Å²) in [4.78, 5) is 22.1. The van der Waals surface area contributed by atoms with Crippen LogP contribution in [0.5, 0.6) is 0 Å². The summed E-state index contributed by atoms with van der Waals surface area (Å²) in [5.74, 6) is -1.01. The number of aromatic nitrogens is 1. The molecule has 1 aromatic rings. The molecule has 1 aromatic heterocycles. The van der Waals surface area contributed by atoms with Gasteiger partial charge >= 0.3 is 5.97 Å². The van der Waals surface area contributed by atoms with E-state index in [0.29, 0.717) is 10.0 Å². The number of aliphatic carboxylic acids is 1.